The number of carboxylic acid groups (broad SMARTS) is 1. The van der Waals surface area contributed by atoms with E-state index in [0.717, 1.165) is 52.3 Å². The molecule has 0 radical (unpaired) electrons. The van der Waals surface area contributed by atoms with Gasteiger partial charge in [0.25, 0.3) is 0 Å². The van der Waals surface area contributed by atoms with Crippen LogP contribution in [0.5, 0.6) is 0 Å². The fraction of sp³-hybridized carbons (Fsp3) is 0.722. The molecule has 2 aliphatic rings. The minimum atomic E-state index is -5.08. The molecule has 27 heavy (non-hydrogen) atoms. The summed E-state index contributed by atoms with van der Waals surface area (Å²) < 4.78 is 48.7. The van der Waals surface area contributed by atoms with Gasteiger partial charge in [-0.2, -0.15) is 13.2 Å². The zero-order valence-corrected chi connectivity index (χ0v) is 15.3. The van der Waals surface area contributed by atoms with Crippen molar-refractivity contribution in [2.24, 2.45) is 5.41 Å². The van der Waals surface area contributed by atoms with E-state index in [2.05, 4.69) is 17.9 Å². The quantitative estimate of drug-likeness (QED) is 0.828. The predicted octanol–water partition coefficient (Wildman–Crippen LogP) is 3.32. The predicted molar refractivity (Wildman–Crippen MR) is 90.2 cm³/mol. The van der Waals surface area contributed by atoms with Crippen molar-refractivity contribution in [3.8, 4) is 0 Å². The third-order valence-corrected chi connectivity index (χ3v) is 4.89. The Labute approximate surface area is 156 Å². The molecule has 1 aromatic rings. The van der Waals surface area contributed by atoms with E-state index in [1.807, 2.05) is 6.26 Å². The number of carboxylic acids is 1. The van der Waals surface area contributed by atoms with Crippen LogP contribution in [0.4, 0.5) is 13.2 Å². The van der Waals surface area contributed by atoms with E-state index in [1.165, 1.54) is 12.0 Å². The van der Waals surface area contributed by atoms with E-state index >= 15 is 0 Å². The van der Waals surface area contributed by atoms with Gasteiger partial charge in [-0.25, -0.2) is 4.79 Å². The Morgan fingerprint density at radius 3 is 2.81 bits per heavy atom. The molecule has 0 spiro atoms. The fourth-order valence-electron chi connectivity index (χ4n) is 3.67. The summed E-state index contributed by atoms with van der Waals surface area (Å²) in [6.45, 7) is 7.75. The summed E-state index contributed by atoms with van der Waals surface area (Å²) in [6, 6.07) is 2.05. The number of carbonyl (C=O) groups is 1. The van der Waals surface area contributed by atoms with Gasteiger partial charge in [0.05, 0.1) is 25.2 Å². The molecule has 2 saturated heterocycles. The Hall–Kier alpha value is -1.58. The summed E-state index contributed by atoms with van der Waals surface area (Å²) in [5.74, 6) is -2.76. The maximum atomic E-state index is 10.6. The second kappa shape index (κ2) is 9.57. The number of nitrogens with zero attached hydrogens (tertiary/aromatic N) is 1. The highest BCUT2D eigenvalue weighted by Gasteiger charge is 2.46. The van der Waals surface area contributed by atoms with E-state index in [9.17, 15) is 13.2 Å². The first-order chi connectivity index (χ1) is 12.8. The van der Waals surface area contributed by atoms with E-state index in [-0.39, 0.29) is 5.41 Å². The number of aliphatic carboxylic acids is 1. The first-order valence-electron chi connectivity index (χ1n) is 9.00. The van der Waals surface area contributed by atoms with Gasteiger partial charge in [0.15, 0.2) is 0 Å². The van der Waals surface area contributed by atoms with E-state index < -0.39 is 12.1 Å². The van der Waals surface area contributed by atoms with Crippen LogP contribution in [0.15, 0.2) is 23.0 Å². The lowest BCUT2D eigenvalue weighted by Crippen LogP contribution is -2.56. The molecule has 0 bridgehead atoms. The number of fused-ring (bicyclic) bond motifs is 1. The van der Waals surface area contributed by atoms with Crippen molar-refractivity contribution in [2.45, 2.75) is 45.0 Å². The molecule has 0 saturated carbocycles. The molecule has 0 aromatic carbocycles. The molecule has 6 nitrogen and oxygen atoms in total. The molecular weight excluding hydrogens is 367 g/mol. The highest BCUT2D eigenvalue weighted by molar-refractivity contribution is 5.73. The van der Waals surface area contributed by atoms with Crippen molar-refractivity contribution >= 4 is 5.97 Å². The zero-order valence-electron chi connectivity index (χ0n) is 15.3. The molecule has 9 heteroatoms. The molecule has 0 amide bonds. The Morgan fingerprint density at radius 2 is 2.22 bits per heavy atom. The maximum Gasteiger partial charge on any atom is 0.490 e. The molecule has 1 aromatic heterocycles. The highest BCUT2D eigenvalue weighted by atomic mass is 19.4. The summed E-state index contributed by atoms with van der Waals surface area (Å²) in [6.07, 6.45) is 2.39. The highest BCUT2D eigenvalue weighted by Crippen LogP contribution is 2.40. The van der Waals surface area contributed by atoms with Gasteiger partial charge in [-0.15, -0.1) is 0 Å². The Balaban J connectivity index is 0.000000321. The average Bonchev–Trinajstić information content (AvgIpc) is 3.12. The molecule has 2 atom stereocenters. The van der Waals surface area contributed by atoms with Crippen LogP contribution in [-0.2, 0) is 20.8 Å². The van der Waals surface area contributed by atoms with Crippen LogP contribution in [0, 0.1) is 5.41 Å². The van der Waals surface area contributed by atoms with Crippen LogP contribution < -0.4 is 0 Å². The molecule has 3 rings (SSSR count). The smallest absolute Gasteiger partial charge is 0.475 e. The molecular formula is C18H26F3NO5. The maximum absolute atomic E-state index is 10.6. The van der Waals surface area contributed by atoms with Crippen molar-refractivity contribution in [3.05, 3.63) is 24.2 Å². The van der Waals surface area contributed by atoms with Crippen LogP contribution in [0.2, 0.25) is 0 Å². The topological polar surface area (TPSA) is 72.1 Å². The third kappa shape index (κ3) is 6.22. The van der Waals surface area contributed by atoms with Gasteiger partial charge in [-0.3, -0.25) is 4.90 Å². The van der Waals surface area contributed by atoms with E-state index in [4.69, 9.17) is 23.8 Å². The van der Waals surface area contributed by atoms with Gasteiger partial charge in [0.2, 0.25) is 0 Å². The minimum absolute atomic E-state index is 0.191. The number of hydrogen-bond acceptors (Lipinski definition) is 5. The average molecular weight is 393 g/mol. The number of piperidine rings is 1. The zero-order chi connectivity index (χ0) is 19.9. The SMILES string of the molecule is CCOCC12CCCOC1CCN(Cc1ccoc1)C2.O=C(O)C(F)(F)F. The third-order valence-electron chi connectivity index (χ3n) is 4.89. The van der Waals surface area contributed by atoms with Crippen LogP contribution in [0.25, 0.3) is 0 Å². The number of alkyl halides is 3. The standard InChI is InChI=1S/C16H25NO3.C2HF3O2/c1-2-18-13-16-6-3-8-20-15(16)4-7-17(12-16)10-14-5-9-19-11-14;3-2(4,5)1(6)7/h5,9,11,15H,2-4,6-8,10,12-13H2,1H3;(H,6,7). The summed E-state index contributed by atoms with van der Waals surface area (Å²) >= 11 is 0. The van der Waals surface area contributed by atoms with Crippen LogP contribution >= 0.6 is 0 Å². The van der Waals surface area contributed by atoms with E-state index in [0.29, 0.717) is 6.10 Å². The number of halogens is 3. The second-order valence-electron chi connectivity index (χ2n) is 6.90. The Morgan fingerprint density at radius 1 is 1.48 bits per heavy atom. The van der Waals surface area contributed by atoms with Crippen molar-refractivity contribution < 1.29 is 37.0 Å². The number of hydrogen-bond donors (Lipinski definition) is 1. The van der Waals surface area contributed by atoms with Gasteiger partial charge in [0, 0.05) is 43.8 Å². The van der Waals surface area contributed by atoms with Gasteiger partial charge in [0.1, 0.15) is 0 Å². The Bertz CT molecular complexity index is 578. The van der Waals surface area contributed by atoms with Crippen molar-refractivity contribution in [3.63, 3.8) is 0 Å². The first kappa shape index (κ1) is 21.7. The summed E-state index contributed by atoms with van der Waals surface area (Å²) in [4.78, 5) is 11.4. The second-order valence-corrected chi connectivity index (χ2v) is 6.90. The van der Waals surface area contributed by atoms with Crippen LogP contribution in [-0.4, -0.2) is 61.2 Å². The normalized spacial score (nSPS) is 26.0. The molecule has 0 aliphatic carbocycles. The number of rotatable bonds is 5. The molecule has 1 N–H and O–H groups in total. The summed E-state index contributed by atoms with van der Waals surface area (Å²) in [5.41, 5.74) is 1.45. The van der Waals surface area contributed by atoms with Crippen molar-refractivity contribution in [2.75, 3.05) is 32.9 Å². The summed E-state index contributed by atoms with van der Waals surface area (Å²) in [7, 11) is 0. The minimum Gasteiger partial charge on any atom is -0.475 e. The lowest BCUT2D eigenvalue weighted by molar-refractivity contribution is -0.192. The molecule has 2 unspecified atom stereocenters. The first-order valence-corrected chi connectivity index (χ1v) is 9.00. The van der Waals surface area contributed by atoms with Gasteiger partial charge in [-0.1, -0.05) is 0 Å². The van der Waals surface area contributed by atoms with Gasteiger partial charge in [-0.05, 0) is 32.3 Å². The van der Waals surface area contributed by atoms with Gasteiger partial charge >= 0.3 is 12.1 Å². The molecule has 2 fully saturated rings. The summed E-state index contributed by atoms with van der Waals surface area (Å²) in [5, 5.41) is 7.12. The number of ether oxygens (including phenoxy) is 2. The Kier molecular flexibility index (Phi) is 7.69. The molecule has 154 valence electrons. The fourth-order valence-corrected chi connectivity index (χ4v) is 3.67. The largest absolute Gasteiger partial charge is 0.490 e. The van der Waals surface area contributed by atoms with Crippen LogP contribution in [0.3, 0.4) is 0 Å². The molecule has 3 heterocycles. The van der Waals surface area contributed by atoms with Gasteiger partial charge < -0.3 is 19.0 Å². The number of furan rings is 1. The van der Waals surface area contributed by atoms with Crippen molar-refractivity contribution in [1.29, 1.82) is 0 Å². The van der Waals surface area contributed by atoms with Crippen molar-refractivity contribution in [1.82, 2.24) is 4.90 Å². The lowest BCUT2D eigenvalue weighted by Gasteiger charge is -2.50. The molecule has 2 aliphatic heterocycles. The monoisotopic (exact) mass is 393 g/mol. The van der Waals surface area contributed by atoms with E-state index in [1.54, 1.807) is 6.26 Å². The number of likely N-dealkylation sites (tertiary alicyclic amines) is 1. The lowest BCUT2D eigenvalue weighted by atomic mass is 9.73. The van der Waals surface area contributed by atoms with Crippen LogP contribution in [0.1, 0.15) is 31.7 Å².